The molecule has 0 amide bonds. The van der Waals surface area contributed by atoms with Crippen molar-refractivity contribution in [1.29, 1.82) is 0 Å². The van der Waals surface area contributed by atoms with Gasteiger partial charge in [-0.3, -0.25) is 10.1 Å². The van der Waals surface area contributed by atoms with E-state index in [1.165, 1.54) is 18.2 Å². The Morgan fingerprint density at radius 2 is 1.83 bits per heavy atom. The fraction of sp³-hybridized carbons (Fsp3) is 0. The summed E-state index contributed by atoms with van der Waals surface area (Å²) in [5.74, 6) is -1.06. The molecular weight excluding hydrogens is 333 g/mol. The van der Waals surface area contributed by atoms with E-state index in [0.717, 1.165) is 11.8 Å². The number of benzene rings is 2. The average molecular weight is 340 g/mol. The molecule has 1 aromatic heterocycles. The molecule has 10 heteroatoms. The number of hydrogen-bond donors (Lipinski definition) is 1. The van der Waals surface area contributed by atoms with E-state index in [1.807, 2.05) is 0 Å². The van der Waals surface area contributed by atoms with Crippen LogP contribution < -0.4 is 29.6 Å². The number of hydrogen-bond acceptors (Lipinski definition) is 7. The predicted octanol–water partition coefficient (Wildman–Crippen LogP) is -0.0156. The van der Waals surface area contributed by atoms with Gasteiger partial charge in [0.2, 0.25) is 5.52 Å². The molecule has 1 heterocycles. The first-order chi connectivity index (χ1) is 10.6. The number of nitro benzene ring substituents is 1. The zero-order valence-electron chi connectivity index (χ0n) is 11.8. The maximum atomic E-state index is 11.2. The largest absolute Gasteiger partial charge is 1.00 e. The molecule has 1 N–H and O–H groups in total. The van der Waals surface area contributed by atoms with Gasteiger partial charge < -0.3 is 5.11 Å². The molecule has 0 spiro atoms. The van der Waals surface area contributed by atoms with Crippen molar-refractivity contribution < 1.29 is 49.0 Å². The third kappa shape index (κ3) is 3.37. The molecule has 0 aliphatic heterocycles. The van der Waals surface area contributed by atoms with Gasteiger partial charge >= 0.3 is 41.2 Å². The van der Waals surface area contributed by atoms with Gasteiger partial charge in [-0.1, -0.05) is 23.9 Å². The van der Waals surface area contributed by atoms with E-state index in [-0.39, 0.29) is 51.8 Å². The number of aromatic carboxylic acids is 1. The fourth-order valence-corrected chi connectivity index (χ4v) is 2.93. The van der Waals surface area contributed by atoms with Gasteiger partial charge in [-0.2, -0.15) is 0 Å². The van der Waals surface area contributed by atoms with E-state index in [1.54, 1.807) is 18.2 Å². The fourth-order valence-electron chi connectivity index (χ4n) is 1.91. The van der Waals surface area contributed by atoms with Crippen molar-refractivity contribution in [3.05, 3.63) is 52.1 Å². The molecular formula is C13H7N3NaO5S+. The number of non-ortho nitro benzene ring substituents is 1. The van der Waals surface area contributed by atoms with Crippen molar-refractivity contribution in [2.24, 2.45) is 0 Å². The number of nitro groups is 1. The first-order valence-corrected chi connectivity index (χ1v) is 6.79. The molecule has 0 saturated heterocycles. The molecule has 2 aromatic carbocycles. The molecule has 3 aromatic rings. The van der Waals surface area contributed by atoms with Crippen molar-refractivity contribution in [2.75, 3.05) is 0 Å². The Morgan fingerprint density at radius 3 is 2.52 bits per heavy atom. The molecule has 0 unspecified atom stereocenters. The van der Waals surface area contributed by atoms with Crippen LogP contribution in [-0.4, -0.2) is 26.3 Å². The summed E-state index contributed by atoms with van der Waals surface area (Å²) in [5.41, 5.74) is 0.171. The van der Waals surface area contributed by atoms with Gasteiger partial charge in [0, 0.05) is 15.9 Å². The molecule has 0 radical (unpaired) electrons. The summed E-state index contributed by atoms with van der Waals surface area (Å²) >= 11 is 1.13. The second-order valence-electron chi connectivity index (χ2n) is 4.20. The summed E-state index contributed by atoms with van der Waals surface area (Å²) in [6.45, 7) is 0. The second-order valence-corrected chi connectivity index (χ2v) is 5.29. The van der Waals surface area contributed by atoms with Gasteiger partial charge in [0.15, 0.2) is 5.52 Å². The molecule has 0 atom stereocenters. The Hall–Kier alpha value is -1.94. The Balaban J connectivity index is 0.00000192. The van der Waals surface area contributed by atoms with E-state index in [9.17, 15) is 20.0 Å². The van der Waals surface area contributed by atoms with Crippen LogP contribution in [0, 0.1) is 10.1 Å². The minimum atomic E-state index is -1.06. The summed E-state index contributed by atoms with van der Waals surface area (Å²) < 4.78 is 4.58. The maximum absolute atomic E-state index is 11.2. The Morgan fingerprint density at radius 1 is 1.13 bits per heavy atom. The number of aromatic nitrogens is 2. The Kier molecular flexibility index (Phi) is 5.37. The summed E-state index contributed by atoms with van der Waals surface area (Å²) in [5, 5.41) is 27.3. The van der Waals surface area contributed by atoms with Crippen LogP contribution in [0.5, 0.6) is 0 Å². The molecule has 23 heavy (non-hydrogen) atoms. The van der Waals surface area contributed by atoms with Gasteiger partial charge in [0.25, 0.3) is 0 Å². The van der Waals surface area contributed by atoms with Crippen LogP contribution in [0.4, 0.5) is 5.69 Å². The molecule has 0 saturated carbocycles. The summed E-state index contributed by atoms with van der Waals surface area (Å²) in [4.78, 5) is 22.6. The predicted molar refractivity (Wildman–Crippen MR) is 76.0 cm³/mol. The Labute approximate surface area is 155 Å². The molecule has 0 bridgehead atoms. The third-order valence-corrected chi connectivity index (χ3v) is 4.02. The minimum Gasteiger partial charge on any atom is -0.478 e. The monoisotopic (exact) mass is 340 g/mol. The summed E-state index contributed by atoms with van der Waals surface area (Å²) in [7, 11) is 0. The molecule has 0 aliphatic rings. The number of carbonyl (C=O) groups is 1. The second kappa shape index (κ2) is 7.09. The number of rotatable bonds is 4. The van der Waals surface area contributed by atoms with Crippen molar-refractivity contribution in [1.82, 2.24) is 10.3 Å². The van der Waals surface area contributed by atoms with Gasteiger partial charge in [0.1, 0.15) is 0 Å². The maximum Gasteiger partial charge on any atom is 1.00 e. The average Bonchev–Trinajstić information content (AvgIpc) is 2.97. The van der Waals surface area contributed by atoms with E-state index in [4.69, 9.17) is 0 Å². The zero-order chi connectivity index (χ0) is 15.7. The number of fused-ring (bicyclic) bond motifs is 1. The van der Waals surface area contributed by atoms with Crippen LogP contribution in [0.2, 0.25) is 0 Å². The van der Waals surface area contributed by atoms with Crippen molar-refractivity contribution >= 4 is 34.5 Å². The summed E-state index contributed by atoms with van der Waals surface area (Å²) in [6.07, 6.45) is 0. The van der Waals surface area contributed by atoms with Crippen molar-refractivity contribution in [2.45, 2.75) is 9.79 Å². The van der Waals surface area contributed by atoms with Crippen LogP contribution >= 0.6 is 11.8 Å². The van der Waals surface area contributed by atoms with E-state index in [2.05, 4.69) is 14.9 Å². The Bertz CT molecular complexity index is 898. The van der Waals surface area contributed by atoms with Crippen LogP contribution in [0.25, 0.3) is 11.0 Å². The van der Waals surface area contributed by atoms with Gasteiger partial charge in [-0.25, -0.2) is 9.42 Å². The number of nitrogens with zero attached hydrogens (tertiary/aromatic N) is 3. The SMILES string of the molecule is O=C(O)c1ccccc1Sc1ccc([N+](=O)[O-])c2nonc12.[Na+]. The van der Waals surface area contributed by atoms with Crippen LogP contribution in [0.15, 0.2) is 50.8 Å². The quantitative estimate of drug-likeness (QED) is 0.400. The van der Waals surface area contributed by atoms with E-state index >= 15 is 0 Å². The smallest absolute Gasteiger partial charge is 0.478 e. The van der Waals surface area contributed by atoms with Crippen LogP contribution in [0.3, 0.4) is 0 Å². The first-order valence-electron chi connectivity index (χ1n) is 5.98. The molecule has 110 valence electrons. The molecule has 0 fully saturated rings. The molecule has 3 rings (SSSR count). The van der Waals surface area contributed by atoms with E-state index in [0.29, 0.717) is 9.79 Å². The van der Waals surface area contributed by atoms with Gasteiger partial charge in [0.05, 0.1) is 10.5 Å². The first kappa shape index (κ1) is 17.4. The normalized spacial score (nSPS) is 10.3. The molecule has 0 aliphatic carbocycles. The zero-order valence-corrected chi connectivity index (χ0v) is 14.6. The van der Waals surface area contributed by atoms with Crippen LogP contribution in [0.1, 0.15) is 10.4 Å². The van der Waals surface area contributed by atoms with Crippen LogP contribution in [-0.2, 0) is 0 Å². The van der Waals surface area contributed by atoms with Crippen molar-refractivity contribution in [3.63, 3.8) is 0 Å². The topological polar surface area (TPSA) is 119 Å². The van der Waals surface area contributed by atoms with Crippen molar-refractivity contribution in [3.8, 4) is 0 Å². The standard InChI is InChI=1S/C13H7N3O5S.Na/c17-13(18)7-3-1-2-4-9(7)22-10-6-5-8(16(19)20)11-12(10)15-21-14-11;/h1-6H,(H,17,18);/q;+1. The van der Waals surface area contributed by atoms with Gasteiger partial charge in [-0.05, 0) is 28.5 Å². The summed E-state index contributed by atoms with van der Waals surface area (Å²) in [6, 6.07) is 9.24. The number of carboxylic acids is 1. The van der Waals surface area contributed by atoms with E-state index < -0.39 is 10.9 Å². The third-order valence-electron chi connectivity index (χ3n) is 2.89. The number of carboxylic acid groups (broad SMARTS) is 1. The minimum absolute atomic E-state index is 0. The van der Waals surface area contributed by atoms with Gasteiger partial charge in [-0.15, -0.1) is 0 Å². The molecule has 8 nitrogen and oxygen atoms in total.